The molecule has 5 rings (SSSR count). The van der Waals surface area contributed by atoms with E-state index in [1.54, 1.807) is 18.2 Å². The van der Waals surface area contributed by atoms with E-state index < -0.39 is 10.0 Å². The molecule has 2 aliphatic heterocycles. The van der Waals surface area contributed by atoms with Gasteiger partial charge in [-0.05, 0) is 48.9 Å². The van der Waals surface area contributed by atoms with E-state index in [9.17, 15) is 13.2 Å². The lowest BCUT2D eigenvalue weighted by molar-refractivity contribution is -0.155. The van der Waals surface area contributed by atoms with Crippen LogP contribution in [0.1, 0.15) is 42.1 Å². The topological polar surface area (TPSA) is 76.0 Å². The number of nitrogens with zero attached hydrogens (tertiary/aromatic N) is 2. The molecule has 6 nitrogen and oxygen atoms in total. The van der Waals surface area contributed by atoms with Crippen LogP contribution in [0.2, 0.25) is 0 Å². The normalized spacial score (nSPS) is 24.6. The van der Waals surface area contributed by atoms with E-state index in [1.165, 1.54) is 5.56 Å². The molecule has 0 N–H and O–H groups in total. The minimum Gasteiger partial charge on any atom is -0.457 e. The number of amidine groups is 1. The minimum atomic E-state index is -3.66. The van der Waals surface area contributed by atoms with E-state index in [4.69, 9.17) is 4.74 Å². The molecule has 0 bridgehead atoms. The zero-order valence-electron chi connectivity index (χ0n) is 16.0. The summed E-state index contributed by atoms with van der Waals surface area (Å²) in [6.07, 6.45) is 3.10. The van der Waals surface area contributed by atoms with Gasteiger partial charge in [0.1, 0.15) is 11.0 Å². The molecule has 0 amide bonds. The van der Waals surface area contributed by atoms with Gasteiger partial charge in [-0.3, -0.25) is 4.79 Å². The highest BCUT2D eigenvalue weighted by molar-refractivity contribution is 7.90. The molecule has 150 valence electrons. The minimum absolute atomic E-state index is 0.181. The van der Waals surface area contributed by atoms with E-state index in [-0.39, 0.29) is 22.9 Å². The van der Waals surface area contributed by atoms with Crippen LogP contribution in [0.4, 0.5) is 0 Å². The van der Waals surface area contributed by atoms with E-state index in [0.29, 0.717) is 24.5 Å². The molecule has 0 spiro atoms. The van der Waals surface area contributed by atoms with Crippen molar-refractivity contribution in [1.29, 1.82) is 0 Å². The van der Waals surface area contributed by atoms with E-state index in [0.717, 1.165) is 31.2 Å². The van der Waals surface area contributed by atoms with Gasteiger partial charge in [0.25, 0.3) is 10.0 Å². The molecule has 1 saturated heterocycles. The molecular weight excluding hydrogens is 388 g/mol. The maximum absolute atomic E-state index is 12.9. The first kappa shape index (κ1) is 18.4. The number of benzene rings is 2. The Morgan fingerprint density at radius 2 is 1.86 bits per heavy atom. The number of esters is 1. The Labute approximate surface area is 170 Å². The molecule has 0 saturated carbocycles. The Morgan fingerprint density at radius 1 is 1.07 bits per heavy atom. The standard InChI is InChI=1S/C22H22N2O4S/c25-22(28-19-12-11-15-6-1-2-8-17(15)19)16-7-5-13-24(14-16)21-18-9-3-4-10-20(18)29(26,27)23-21/h1-4,6,8-10,16,19H,5,7,11-14H2/t16-,19-/m1/s1. The van der Waals surface area contributed by atoms with Crippen LogP contribution < -0.4 is 0 Å². The highest BCUT2D eigenvalue weighted by atomic mass is 32.2. The van der Waals surface area contributed by atoms with Gasteiger partial charge in [-0.15, -0.1) is 4.40 Å². The summed E-state index contributed by atoms with van der Waals surface area (Å²) < 4.78 is 34.6. The molecule has 29 heavy (non-hydrogen) atoms. The largest absolute Gasteiger partial charge is 0.457 e. The number of sulfonamides is 1. The quantitative estimate of drug-likeness (QED) is 0.711. The lowest BCUT2D eigenvalue weighted by Gasteiger charge is -2.33. The number of likely N-dealkylation sites (tertiary alicyclic amines) is 1. The van der Waals surface area contributed by atoms with E-state index >= 15 is 0 Å². The molecular formula is C22H22N2O4S. The number of aryl methyl sites for hydroxylation is 1. The van der Waals surface area contributed by atoms with Gasteiger partial charge in [-0.1, -0.05) is 36.4 Å². The summed E-state index contributed by atoms with van der Waals surface area (Å²) in [4.78, 5) is 15.0. The van der Waals surface area contributed by atoms with Gasteiger partial charge < -0.3 is 9.64 Å². The maximum Gasteiger partial charge on any atom is 0.311 e. The maximum atomic E-state index is 12.9. The predicted octanol–water partition coefficient (Wildman–Crippen LogP) is 3.08. The van der Waals surface area contributed by atoms with Crippen LogP contribution in [-0.2, 0) is 26.0 Å². The summed E-state index contributed by atoms with van der Waals surface area (Å²) in [6, 6.07) is 15.0. The number of carbonyl (C=O) groups excluding carboxylic acids is 1. The second kappa shape index (κ2) is 6.99. The summed E-state index contributed by atoms with van der Waals surface area (Å²) in [7, 11) is -3.66. The van der Waals surface area contributed by atoms with Crippen molar-refractivity contribution in [2.75, 3.05) is 13.1 Å². The average Bonchev–Trinajstić information content (AvgIpc) is 3.27. The highest BCUT2D eigenvalue weighted by Crippen LogP contribution is 2.35. The fraction of sp³-hybridized carbons (Fsp3) is 0.364. The summed E-state index contributed by atoms with van der Waals surface area (Å²) >= 11 is 0. The Hall–Kier alpha value is -2.67. The third-order valence-corrected chi connectivity index (χ3v) is 7.33. The van der Waals surface area contributed by atoms with Crippen LogP contribution in [0, 0.1) is 5.92 Å². The third kappa shape index (κ3) is 3.23. The van der Waals surface area contributed by atoms with Crippen LogP contribution in [0.25, 0.3) is 0 Å². The first-order chi connectivity index (χ1) is 14.0. The van der Waals surface area contributed by atoms with Gasteiger partial charge in [0, 0.05) is 18.7 Å². The Morgan fingerprint density at radius 3 is 2.76 bits per heavy atom. The number of ether oxygens (including phenoxy) is 1. The van der Waals surface area contributed by atoms with Gasteiger partial charge in [-0.2, -0.15) is 8.42 Å². The monoisotopic (exact) mass is 410 g/mol. The van der Waals surface area contributed by atoms with E-state index in [2.05, 4.69) is 10.5 Å². The molecule has 2 aromatic carbocycles. The highest BCUT2D eigenvalue weighted by Gasteiger charge is 2.36. The van der Waals surface area contributed by atoms with Gasteiger partial charge in [0.15, 0.2) is 5.84 Å². The molecule has 0 radical (unpaired) electrons. The lowest BCUT2D eigenvalue weighted by Crippen LogP contribution is -2.43. The van der Waals surface area contributed by atoms with Crippen molar-refractivity contribution in [2.45, 2.75) is 36.7 Å². The SMILES string of the molecule is O=C(O[C@@H]1CCc2ccccc21)[C@@H]1CCCN(C2=NS(=O)(=O)c3ccccc32)C1. The first-order valence-electron chi connectivity index (χ1n) is 10.0. The van der Waals surface area contributed by atoms with Crippen molar-refractivity contribution < 1.29 is 17.9 Å². The predicted molar refractivity (Wildman–Crippen MR) is 108 cm³/mol. The van der Waals surface area contributed by atoms with Gasteiger partial charge in [-0.25, -0.2) is 0 Å². The number of hydrogen-bond donors (Lipinski definition) is 0. The fourth-order valence-electron chi connectivity index (χ4n) is 4.56. The van der Waals surface area contributed by atoms with Crippen molar-refractivity contribution in [3.05, 3.63) is 65.2 Å². The Balaban J connectivity index is 1.32. The number of piperidine rings is 1. The summed E-state index contributed by atoms with van der Waals surface area (Å²) in [5.74, 6) is -0.0369. The molecule has 3 aliphatic rings. The molecule has 7 heteroatoms. The van der Waals surface area contributed by atoms with Crippen LogP contribution >= 0.6 is 0 Å². The van der Waals surface area contributed by atoms with Crippen LogP contribution in [0.5, 0.6) is 0 Å². The Bertz CT molecular complexity index is 1110. The molecule has 0 aromatic heterocycles. The molecule has 2 atom stereocenters. The zero-order valence-corrected chi connectivity index (χ0v) is 16.8. The number of carbonyl (C=O) groups is 1. The van der Waals surface area contributed by atoms with E-state index in [1.807, 2.05) is 29.2 Å². The van der Waals surface area contributed by atoms with Crippen molar-refractivity contribution in [1.82, 2.24) is 4.90 Å². The van der Waals surface area contributed by atoms with Gasteiger partial charge >= 0.3 is 5.97 Å². The molecule has 2 aromatic rings. The van der Waals surface area contributed by atoms with Crippen LogP contribution in [0.15, 0.2) is 57.8 Å². The second-order valence-corrected chi connectivity index (χ2v) is 9.41. The van der Waals surface area contributed by atoms with Gasteiger partial charge in [0.2, 0.25) is 0 Å². The number of rotatable bonds is 2. The van der Waals surface area contributed by atoms with Gasteiger partial charge in [0.05, 0.1) is 5.92 Å². The summed E-state index contributed by atoms with van der Waals surface area (Å²) in [5, 5.41) is 0. The summed E-state index contributed by atoms with van der Waals surface area (Å²) in [6.45, 7) is 1.11. The summed E-state index contributed by atoms with van der Waals surface area (Å²) in [5.41, 5.74) is 2.97. The Kier molecular flexibility index (Phi) is 4.42. The molecule has 1 aliphatic carbocycles. The molecule has 0 unspecified atom stereocenters. The number of fused-ring (bicyclic) bond motifs is 2. The van der Waals surface area contributed by atoms with Crippen LogP contribution in [-0.4, -0.2) is 38.2 Å². The third-order valence-electron chi connectivity index (χ3n) is 6.00. The van der Waals surface area contributed by atoms with Crippen molar-refractivity contribution in [2.24, 2.45) is 10.3 Å². The zero-order chi connectivity index (χ0) is 20.0. The number of hydrogen-bond acceptors (Lipinski definition) is 5. The molecule has 2 heterocycles. The lowest BCUT2D eigenvalue weighted by atomic mass is 9.97. The smallest absolute Gasteiger partial charge is 0.311 e. The van der Waals surface area contributed by atoms with Crippen LogP contribution in [0.3, 0.4) is 0 Å². The first-order valence-corrected chi connectivity index (χ1v) is 11.4. The van der Waals surface area contributed by atoms with Crippen molar-refractivity contribution in [3.63, 3.8) is 0 Å². The van der Waals surface area contributed by atoms with Crippen molar-refractivity contribution >= 4 is 21.8 Å². The van der Waals surface area contributed by atoms with Crippen molar-refractivity contribution in [3.8, 4) is 0 Å². The fourth-order valence-corrected chi connectivity index (χ4v) is 5.78. The second-order valence-electron chi connectivity index (χ2n) is 7.83. The average molecular weight is 410 g/mol. The molecule has 1 fully saturated rings.